The Morgan fingerprint density at radius 2 is 1.34 bits per heavy atom. The Labute approximate surface area is 209 Å². The lowest BCUT2D eigenvalue weighted by Gasteiger charge is -2.40. The van der Waals surface area contributed by atoms with E-state index in [-0.39, 0.29) is 16.8 Å². The first-order valence-electron chi connectivity index (χ1n) is 12.4. The number of halogens is 1. The molecule has 1 aliphatic carbocycles. The first-order chi connectivity index (χ1) is 16.5. The van der Waals surface area contributed by atoms with E-state index in [0.29, 0.717) is 11.1 Å². The van der Waals surface area contributed by atoms with Crippen molar-refractivity contribution < 1.29 is 4.39 Å². The highest BCUT2D eigenvalue weighted by atomic mass is 19.1. The second-order valence-corrected chi connectivity index (χ2v) is 11.3. The summed E-state index contributed by atoms with van der Waals surface area (Å²) in [5.74, 6) is -0.159. The number of aryl methyl sites for hydroxylation is 1. The van der Waals surface area contributed by atoms with Gasteiger partial charge in [-0.05, 0) is 86.2 Å². The van der Waals surface area contributed by atoms with Crippen molar-refractivity contribution in [2.45, 2.75) is 59.4 Å². The average molecular weight is 464 g/mol. The van der Waals surface area contributed by atoms with Gasteiger partial charge in [0, 0.05) is 33.5 Å². The summed E-state index contributed by atoms with van der Waals surface area (Å²) in [6.45, 7) is 15.3. The molecule has 0 fully saturated rings. The molecule has 0 aliphatic heterocycles. The molecule has 35 heavy (non-hydrogen) atoms. The van der Waals surface area contributed by atoms with Gasteiger partial charge in [0.2, 0.25) is 0 Å². The molecule has 0 bridgehead atoms. The second kappa shape index (κ2) is 8.09. The summed E-state index contributed by atoms with van der Waals surface area (Å²) in [5, 5.41) is 0. The third-order valence-electron chi connectivity index (χ3n) is 7.50. The Balaban J connectivity index is 1.71. The van der Waals surface area contributed by atoms with Gasteiger partial charge in [-0.25, -0.2) is 4.39 Å². The number of benzene rings is 4. The quantitative estimate of drug-likeness (QED) is 0.292. The van der Waals surface area contributed by atoms with Gasteiger partial charge < -0.3 is 4.90 Å². The highest BCUT2D eigenvalue weighted by molar-refractivity contribution is 5.86. The monoisotopic (exact) mass is 463 g/mol. The van der Waals surface area contributed by atoms with Crippen molar-refractivity contribution in [3.05, 3.63) is 107 Å². The highest BCUT2D eigenvalue weighted by Crippen LogP contribution is 2.51. The average Bonchev–Trinajstić information content (AvgIpc) is 3.03. The van der Waals surface area contributed by atoms with Crippen LogP contribution < -0.4 is 4.90 Å². The standard InChI is InChI=1S/C33H34FN/c1-21-19-28-26(25-15-11-12-16-27(25)33(28,6)7)20-30(21)35(32(3,4)5)29-18-17-24(31(34)22(29)2)23-13-9-8-10-14-23/h8-20H,1-7H3. The summed E-state index contributed by atoms with van der Waals surface area (Å²) in [6, 6.07) is 27.2. The largest absolute Gasteiger partial charge is 0.336 e. The Morgan fingerprint density at radius 3 is 2.03 bits per heavy atom. The minimum atomic E-state index is -0.252. The van der Waals surface area contributed by atoms with Gasteiger partial charge in [-0.2, -0.15) is 0 Å². The normalized spacial score (nSPS) is 13.9. The van der Waals surface area contributed by atoms with E-state index in [9.17, 15) is 0 Å². The van der Waals surface area contributed by atoms with Crippen molar-refractivity contribution in [3.8, 4) is 22.3 Å². The first kappa shape index (κ1) is 23.4. The minimum absolute atomic E-state index is 0.0405. The molecule has 0 heterocycles. The van der Waals surface area contributed by atoms with Gasteiger partial charge in [-0.3, -0.25) is 0 Å². The Kier molecular flexibility index (Phi) is 5.40. The van der Waals surface area contributed by atoms with Gasteiger partial charge >= 0.3 is 0 Å². The van der Waals surface area contributed by atoms with E-state index < -0.39 is 0 Å². The summed E-state index contributed by atoms with van der Waals surface area (Å²) < 4.78 is 15.8. The molecule has 0 amide bonds. The maximum absolute atomic E-state index is 15.8. The molecule has 0 saturated carbocycles. The van der Waals surface area contributed by atoms with Crippen LogP contribution in [0.5, 0.6) is 0 Å². The maximum atomic E-state index is 15.8. The highest BCUT2D eigenvalue weighted by Gasteiger charge is 2.37. The van der Waals surface area contributed by atoms with E-state index in [2.05, 4.69) is 88.9 Å². The number of hydrogen-bond donors (Lipinski definition) is 0. The number of hydrogen-bond acceptors (Lipinski definition) is 1. The smallest absolute Gasteiger partial charge is 0.136 e. The molecule has 0 aromatic heterocycles. The van der Waals surface area contributed by atoms with E-state index in [4.69, 9.17) is 0 Å². The summed E-state index contributed by atoms with van der Waals surface area (Å²) >= 11 is 0. The van der Waals surface area contributed by atoms with Crippen LogP contribution in [-0.2, 0) is 5.41 Å². The van der Waals surface area contributed by atoms with Crippen molar-refractivity contribution >= 4 is 11.4 Å². The Bertz CT molecular complexity index is 1420. The lowest BCUT2D eigenvalue weighted by atomic mass is 9.82. The number of fused-ring (bicyclic) bond motifs is 3. The molecule has 4 aromatic rings. The van der Waals surface area contributed by atoms with Crippen molar-refractivity contribution in [1.82, 2.24) is 0 Å². The van der Waals surface area contributed by atoms with Gasteiger partial charge in [0.1, 0.15) is 5.82 Å². The van der Waals surface area contributed by atoms with Crippen LogP contribution in [0, 0.1) is 19.7 Å². The van der Waals surface area contributed by atoms with Crippen LogP contribution in [0.3, 0.4) is 0 Å². The van der Waals surface area contributed by atoms with Gasteiger partial charge in [0.05, 0.1) is 0 Å². The number of anilines is 2. The van der Waals surface area contributed by atoms with Gasteiger partial charge in [-0.1, -0.05) is 74.5 Å². The van der Waals surface area contributed by atoms with Crippen LogP contribution in [0.4, 0.5) is 15.8 Å². The Hall–Kier alpha value is -3.39. The summed E-state index contributed by atoms with van der Waals surface area (Å²) in [6.07, 6.45) is 0. The molecular weight excluding hydrogens is 429 g/mol. The SMILES string of the molecule is Cc1cc2c(cc1N(c1ccc(-c3ccccc3)c(F)c1C)C(C)(C)C)-c1ccccc1C2(C)C. The van der Waals surface area contributed by atoms with Crippen molar-refractivity contribution in [2.75, 3.05) is 4.90 Å². The van der Waals surface area contributed by atoms with Crippen molar-refractivity contribution in [3.63, 3.8) is 0 Å². The van der Waals surface area contributed by atoms with Crippen molar-refractivity contribution in [1.29, 1.82) is 0 Å². The maximum Gasteiger partial charge on any atom is 0.136 e. The minimum Gasteiger partial charge on any atom is -0.336 e. The van der Waals surface area contributed by atoms with Crippen LogP contribution in [0.25, 0.3) is 22.3 Å². The molecule has 178 valence electrons. The zero-order valence-electron chi connectivity index (χ0n) is 21.8. The molecule has 4 aromatic carbocycles. The molecule has 1 aliphatic rings. The molecular formula is C33H34FN. The third kappa shape index (κ3) is 3.67. The van der Waals surface area contributed by atoms with Crippen LogP contribution >= 0.6 is 0 Å². The fraction of sp³-hybridized carbons (Fsp3) is 0.273. The zero-order valence-corrected chi connectivity index (χ0v) is 21.8. The summed E-state index contributed by atoms with van der Waals surface area (Å²) in [7, 11) is 0. The summed E-state index contributed by atoms with van der Waals surface area (Å²) in [4.78, 5) is 2.31. The number of rotatable bonds is 3. The predicted octanol–water partition coefficient (Wildman–Crippen LogP) is 9.35. The lowest BCUT2D eigenvalue weighted by molar-refractivity contribution is 0.554. The fourth-order valence-corrected chi connectivity index (χ4v) is 5.70. The molecule has 0 saturated heterocycles. The van der Waals surface area contributed by atoms with E-state index in [0.717, 1.165) is 16.9 Å². The van der Waals surface area contributed by atoms with E-state index in [1.54, 1.807) is 0 Å². The third-order valence-corrected chi connectivity index (χ3v) is 7.50. The Morgan fingerprint density at radius 1 is 0.686 bits per heavy atom. The van der Waals surface area contributed by atoms with Crippen LogP contribution in [0.15, 0.2) is 78.9 Å². The van der Waals surface area contributed by atoms with Gasteiger partial charge in [0.15, 0.2) is 0 Å². The molecule has 0 N–H and O–H groups in total. The molecule has 0 unspecified atom stereocenters. The lowest BCUT2D eigenvalue weighted by Crippen LogP contribution is -2.38. The van der Waals surface area contributed by atoms with Crippen molar-refractivity contribution in [2.24, 2.45) is 0 Å². The topological polar surface area (TPSA) is 3.24 Å². The molecule has 5 rings (SSSR count). The second-order valence-electron chi connectivity index (χ2n) is 11.3. The zero-order chi connectivity index (χ0) is 25.1. The van der Waals surface area contributed by atoms with Gasteiger partial charge in [0.25, 0.3) is 0 Å². The van der Waals surface area contributed by atoms with Crippen LogP contribution in [0.1, 0.15) is 56.9 Å². The molecule has 0 radical (unpaired) electrons. The van der Waals surface area contributed by atoms with Crippen LogP contribution in [0.2, 0.25) is 0 Å². The number of nitrogens with zero attached hydrogens (tertiary/aromatic N) is 1. The fourth-order valence-electron chi connectivity index (χ4n) is 5.70. The van der Waals surface area contributed by atoms with Crippen LogP contribution in [-0.4, -0.2) is 5.54 Å². The van der Waals surface area contributed by atoms with E-state index in [1.165, 1.54) is 27.8 Å². The molecule has 0 atom stereocenters. The molecule has 0 spiro atoms. The molecule has 1 nitrogen and oxygen atoms in total. The van der Waals surface area contributed by atoms with E-state index in [1.807, 2.05) is 43.3 Å². The predicted molar refractivity (Wildman–Crippen MR) is 147 cm³/mol. The first-order valence-corrected chi connectivity index (χ1v) is 12.4. The van der Waals surface area contributed by atoms with E-state index >= 15 is 4.39 Å². The van der Waals surface area contributed by atoms with Gasteiger partial charge in [-0.15, -0.1) is 0 Å². The molecule has 2 heteroatoms. The summed E-state index contributed by atoms with van der Waals surface area (Å²) in [5.41, 5.74) is 10.4.